The van der Waals surface area contributed by atoms with Crippen molar-refractivity contribution in [2.45, 2.75) is 132 Å². The molecule has 0 amide bonds. The number of carbonyl (C=O) groups excluding carboxylic acids is 3. The van der Waals surface area contributed by atoms with Crippen LogP contribution in [0.25, 0.3) is 0 Å². The number of carbonyl (C=O) groups is 3. The highest BCUT2D eigenvalue weighted by Crippen LogP contribution is 2.77. The second-order valence-electron chi connectivity index (χ2n) is 16.7. The van der Waals surface area contributed by atoms with Crippen molar-refractivity contribution in [2.75, 3.05) is 13.7 Å². The van der Waals surface area contributed by atoms with Crippen LogP contribution in [0.4, 0.5) is 0 Å². The highest BCUT2D eigenvalue weighted by molar-refractivity contribution is 5.77. The monoisotopic (exact) mass is 598 g/mol. The summed E-state index contributed by atoms with van der Waals surface area (Å²) in [5, 5.41) is 0. The summed E-state index contributed by atoms with van der Waals surface area (Å²) in [6, 6.07) is 0. The number of fused-ring (bicyclic) bond motifs is 7. The topological polar surface area (TPSA) is 78.9 Å². The van der Waals surface area contributed by atoms with E-state index in [4.69, 9.17) is 14.2 Å². The number of rotatable bonds is 7. The molecule has 0 heterocycles. The fourth-order valence-electron chi connectivity index (χ4n) is 12.5. The molecule has 0 unspecified atom stereocenters. The number of hydrogen-bond donors (Lipinski definition) is 0. The molecule has 0 spiro atoms. The summed E-state index contributed by atoms with van der Waals surface area (Å²) in [5.74, 6) is 1.87. The predicted molar refractivity (Wildman–Crippen MR) is 167 cm³/mol. The molecule has 0 radical (unpaired) electrons. The van der Waals surface area contributed by atoms with Gasteiger partial charge in [-0.2, -0.15) is 0 Å². The third kappa shape index (κ3) is 5.00. The van der Waals surface area contributed by atoms with Crippen molar-refractivity contribution in [3.63, 3.8) is 0 Å². The second kappa shape index (κ2) is 11.2. The first-order valence-electron chi connectivity index (χ1n) is 17.1. The van der Waals surface area contributed by atoms with Crippen LogP contribution in [-0.2, 0) is 28.6 Å². The first-order valence-corrected chi connectivity index (χ1v) is 17.1. The van der Waals surface area contributed by atoms with Gasteiger partial charge < -0.3 is 14.2 Å². The molecule has 0 aliphatic heterocycles. The standard InChI is InChI=1S/C37H58O6/c1-23(2)25-14-19-37(22-42-31(40)13-12-30(39)41-9)21-20-35(7)26(32(25)37)10-11-28-34(6)17-16-29(43-24(3)38)33(4,5)27(34)15-18-36(28,35)8/h25-29,32H,1,10-22H2,2-9H3/t25-,26+,27-,28-,29-,32-,34-,35+,36+,37+/m0/s1. The van der Waals surface area contributed by atoms with E-state index in [1.807, 2.05) is 0 Å². The Hall–Kier alpha value is -1.85. The molecular formula is C37H58O6. The van der Waals surface area contributed by atoms with Crippen molar-refractivity contribution in [3.05, 3.63) is 12.2 Å². The minimum absolute atomic E-state index is 0.000188. The third-order valence-electron chi connectivity index (χ3n) is 14.8. The van der Waals surface area contributed by atoms with Crippen LogP contribution in [0.2, 0.25) is 0 Å². The second-order valence-corrected chi connectivity index (χ2v) is 16.7. The number of esters is 3. The van der Waals surface area contributed by atoms with Crippen LogP contribution in [0.15, 0.2) is 12.2 Å². The highest BCUT2D eigenvalue weighted by atomic mass is 16.5. The molecule has 5 aliphatic rings. The quantitative estimate of drug-likeness (QED) is 0.168. The lowest BCUT2D eigenvalue weighted by Gasteiger charge is -2.73. The first kappa shape index (κ1) is 32.5. The van der Waals surface area contributed by atoms with E-state index in [2.05, 4.69) is 48.1 Å². The number of methoxy groups -OCH3 is 1. The normalized spacial score (nSPS) is 44.6. The van der Waals surface area contributed by atoms with Crippen LogP contribution in [-0.4, -0.2) is 37.7 Å². The van der Waals surface area contributed by atoms with Crippen LogP contribution in [0.3, 0.4) is 0 Å². The summed E-state index contributed by atoms with van der Waals surface area (Å²) < 4.78 is 16.6. The van der Waals surface area contributed by atoms with Crippen molar-refractivity contribution < 1.29 is 28.6 Å². The van der Waals surface area contributed by atoms with Crippen molar-refractivity contribution in [2.24, 2.45) is 56.7 Å². The van der Waals surface area contributed by atoms with Gasteiger partial charge in [0.1, 0.15) is 6.10 Å². The van der Waals surface area contributed by atoms with Gasteiger partial charge in [0.15, 0.2) is 0 Å². The van der Waals surface area contributed by atoms with Crippen molar-refractivity contribution >= 4 is 17.9 Å². The Balaban J connectivity index is 1.42. The van der Waals surface area contributed by atoms with E-state index in [0.717, 1.165) is 32.1 Å². The average Bonchev–Trinajstić information content (AvgIpc) is 3.32. The lowest BCUT2D eigenvalue weighted by atomic mass is 9.32. The van der Waals surface area contributed by atoms with E-state index >= 15 is 0 Å². The van der Waals surface area contributed by atoms with Gasteiger partial charge in [-0.3, -0.25) is 14.4 Å². The van der Waals surface area contributed by atoms with Gasteiger partial charge in [-0.25, -0.2) is 0 Å². The molecular weight excluding hydrogens is 540 g/mol. The molecule has 5 saturated carbocycles. The van der Waals surface area contributed by atoms with E-state index < -0.39 is 0 Å². The molecule has 10 atom stereocenters. The van der Waals surface area contributed by atoms with Crippen LogP contribution in [0.1, 0.15) is 126 Å². The molecule has 6 heteroatoms. The Bertz CT molecular complexity index is 1140. The molecule has 5 rings (SSSR count). The average molecular weight is 599 g/mol. The lowest BCUT2D eigenvalue weighted by Crippen LogP contribution is -2.67. The lowest BCUT2D eigenvalue weighted by molar-refractivity contribution is -0.252. The molecule has 0 aromatic heterocycles. The zero-order valence-electron chi connectivity index (χ0n) is 28.3. The maximum absolute atomic E-state index is 12.7. The van der Waals surface area contributed by atoms with E-state index in [9.17, 15) is 14.4 Å². The molecule has 242 valence electrons. The van der Waals surface area contributed by atoms with Crippen LogP contribution < -0.4 is 0 Å². The Kier molecular flexibility index (Phi) is 8.47. The molecule has 0 aromatic carbocycles. The SMILES string of the molecule is C=C(C)[C@@H]1CC[C@]2(COC(=O)CCC(=O)OC)CC[C@]3(C)[C@H](CC[C@H]4[C@@]5(C)CC[C@H](OC(C)=O)C(C)(C)[C@@H]5CC[C@]43C)[C@H]12. The Morgan fingerprint density at radius 1 is 0.767 bits per heavy atom. The third-order valence-corrected chi connectivity index (χ3v) is 14.8. The molecule has 0 N–H and O–H groups in total. The molecule has 5 fully saturated rings. The predicted octanol–water partition coefficient (Wildman–Crippen LogP) is 8.07. The molecule has 0 bridgehead atoms. The zero-order chi connectivity index (χ0) is 31.6. The summed E-state index contributed by atoms with van der Waals surface area (Å²) in [5.41, 5.74) is 1.91. The van der Waals surface area contributed by atoms with Crippen molar-refractivity contribution in [3.8, 4) is 0 Å². The largest absolute Gasteiger partial charge is 0.469 e. The van der Waals surface area contributed by atoms with E-state index in [1.165, 1.54) is 44.8 Å². The van der Waals surface area contributed by atoms with Gasteiger partial charge >= 0.3 is 17.9 Å². The van der Waals surface area contributed by atoms with Gasteiger partial charge in [0.05, 0.1) is 26.6 Å². The Labute approximate surface area is 260 Å². The minimum Gasteiger partial charge on any atom is -0.469 e. The smallest absolute Gasteiger partial charge is 0.306 e. The zero-order valence-corrected chi connectivity index (χ0v) is 28.3. The maximum Gasteiger partial charge on any atom is 0.306 e. The number of allylic oxidation sites excluding steroid dienone is 1. The first-order chi connectivity index (χ1) is 20.1. The van der Waals surface area contributed by atoms with Crippen LogP contribution in [0.5, 0.6) is 0 Å². The van der Waals surface area contributed by atoms with Crippen LogP contribution in [0, 0.1) is 56.7 Å². The van der Waals surface area contributed by atoms with Crippen molar-refractivity contribution in [1.82, 2.24) is 0 Å². The molecule has 0 saturated heterocycles. The van der Waals surface area contributed by atoms with E-state index in [-0.39, 0.29) is 63.9 Å². The molecule has 5 aliphatic carbocycles. The van der Waals surface area contributed by atoms with Gasteiger partial charge in [-0.1, -0.05) is 46.8 Å². The van der Waals surface area contributed by atoms with Crippen LogP contribution >= 0.6 is 0 Å². The fourth-order valence-corrected chi connectivity index (χ4v) is 12.5. The van der Waals surface area contributed by atoms with E-state index in [1.54, 1.807) is 6.92 Å². The van der Waals surface area contributed by atoms with Crippen molar-refractivity contribution in [1.29, 1.82) is 0 Å². The van der Waals surface area contributed by atoms with E-state index in [0.29, 0.717) is 36.2 Å². The molecule has 0 aromatic rings. The number of ether oxygens (including phenoxy) is 3. The summed E-state index contributed by atoms with van der Waals surface area (Å²) in [6.07, 6.45) is 11.6. The van der Waals surface area contributed by atoms with Gasteiger partial charge in [-0.05, 0) is 117 Å². The summed E-state index contributed by atoms with van der Waals surface area (Å²) in [4.78, 5) is 36.3. The van der Waals surface area contributed by atoms with Gasteiger partial charge in [0.2, 0.25) is 0 Å². The molecule has 43 heavy (non-hydrogen) atoms. The Morgan fingerprint density at radius 2 is 1.47 bits per heavy atom. The summed E-state index contributed by atoms with van der Waals surface area (Å²) >= 11 is 0. The molecule has 6 nitrogen and oxygen atoms in total. The fraction of sp³-hybridized carbons (Fsp3) is 0.865. The van der Waals surface area contributed by atoms with Gasteiger partial charge in [0.25, 0.3) is 0 Å². The highest BCUT2D eigenvalue weighted by Gasteiger charge is 2.71. The summed E-state index contributed by atoms with van der Waals surface area (Å²) in [6.45, 7) is 21.3. The number of hydrogen-bond acceptors (Lipinski definition) is 6. The van der Waals surface area contributed by atoms with Gasteiger partial charge in [-0.15, -0.1) is 0 Å². The summed E-state index contributed by atoms with van der Waals surface area (Å²) in [7, 11) is 1.35. The maximum atomic E-state index is 12.7. The van der Waals surface area contributed by atoms with Gasteiger partial charge in [0, 0.05) is 17.8 Å². The Morgan fingerprint density at radius 3 is 2.12 bits per heavy atom. The minimum atomic E-state index is -0.374.